The second-order valence-corrected chi connectivity index (χ2v) is 5.17. The number of benzene rings is 1. The van der Waals surface area contributed by atoms with Crippen LogP contribution < -0.4 is 5.73 Å². The van der Waals surface area contributed by atoms with E-state index in [4.69, 9.17) is 5.73 Å². The van der Waals surface area contributed by atoms with Crippen molar-refractivity contribution < 1.29 is 0 Å². The molecule has 2 aromatic heterocycles. The quantitative estimate of drug-likeness (QED) is 0.776. The van der Waals surface area contributed by atoms with Gasteiger partial charge in [0.1, 0.15) is 0 Å². The summed E-state index contributed by atoms with van der Waals surface area (Å²) in [5.74, 6) is 0.697. The number of aromatic nitrogens is 3. The number of imidazole rings is 1. The van der Waals surface area contributed by atoms with Crippen LogP contribution in [0.1, 0.15) is 22.4 Å². The van der Waals surface area contributed by atoms with Gasteiger partial charge in [-0.15, -0.1) is 0 Å². The van der Waals surface area contributed by atoms with E-state index in [-0.39, 0.29) is 0 Å². The lowest BCUT2D eigenvalue weighted by Gasteiger charge is -2.10. The number of hydrogen-bond donors (Lipinski definition) is 1. The van der Waals surface area contributed by atoms with E-state index >= 15 is 0 Å². The van der Waals surface area contributed by atoms with Gasteiger partial charge in [-0.2, -0.15) is 0 Å². The van der Waals surface area contributed by atoms with Gasteiger partial charge in [0.15, 0.2) is 0 Å². The van der Waals surface area contributed by atoms with Gasteiger partial charge in [0.05, 0.1) is 11.4 Å². The van der Waals surface area contributed by atoms with Crippen LogP contribution in [0, 0.1) is 20.8 Å². The summed E-state index contributed by atoms with van der Waals surface area (Å²) in [5.41, 5.74) is 12.8. The lowest BCUT2D eigenvalue weighted by molar-refractivity contribution is 0.948. The van der Waals surface area contributed by atoms with Crippen molar-refractivity contribution in [3.05, 3.63) is 53.0 Å². The van der Waals surface area contributed by atoms with E-state index in [9.17, 15) is 0 Å². The standard InChI is InChI=1S/C16H18N4/c1-10-7-11(2)14(12(3)8-10)15-13(9-17)20-6-4-5-18-16(20)19-15/h4-8H,9,17H2,1-3H3. The van der Waals surface area contributed by atoms with Crippen molar-refractivity contribution in [2.24, 2.45) is 5.73 Å². The fourth-order valence-corrected chi connectivity index (χ4v) is 2.88. The molecule has 0 atom stereocenters. The topological polar surface area (TPSA) is 56.2 Å². The Morgan fingerprint density at radius 2 is 1.85 bits per heavy atom. The van der Waals surface area contributed by atoms with E-state index in [2.05, 4.69) is 42.9 Å². The van der Waals surface area contributed by atoms with Crippen molar-refractivity contribution in [3.8, 4) is 11.3 Å². The monoisotopic (exact) mass is 266 g/mol. The third-order valence-corrected chi connectivity index (χ3v) is 3.61. The maximum atomic E-state index is 5.94. The molecular formula is C16H18N4. The van der Waals surface area contributed by atoms with Crippen LogP contribution in [0.2, 0.25) is 0 Å². The lowest BCUT2D eigenvalue weighted by atomic mass is 9.96. The molecule has 4 heteroatoms. The molecule has 0 aliphatic carbocycles. The largest absolute Gasteiger partial charge is 0.325 e. The van der Waals surface area contributed by atoms with Crippen molar-refractivity contribution >= 4 is 5.78 Å². The van der Waals surface area contributed by atoms with Crippen LogP contribution in [0.15, 0.2) is 30.6 Å². The van der Waals surface area contributed by atoms with Gasteiger partial charge in [0, 0.05) is 24.5 Å². The summed E-state index contributed by atoms with van der Waals surface area (Å²) >= 11 is 0. The SMILES string of the molecule is Cc1cc(C)c(-c2nc3ncccn3c2CN)c(C)c1. The second kappa shape index (κ2) is 4.72. The molecule has 3 aromatic rings. The van der Waals surface area contributed by atoms with Gasteiger partial charge >= 0.3 is 0 Å². The van der Waals surface area contributed by atoms with Crippen molar-refractivity contribution in [2.75, 3.05) is 0 Å². The molecule has 0 bridgehead atoms. The van der Waals surface area contributed by atoms with Gasteiger partial charge in [-0.1, -0.05) is 17.7 Å². The lowest BCUT2D eigenvalue weighted by Crippen LogP contribution is -2.03. The van der Waals surface area contributed by atoms with Gasteiger partial charge in [0.2, 0.25) is 5.78 Å². The molecule has 0 amide bonds. The number of fused-ring (bicyclic) bond motifs is 1. The molecule has 0 radical (unpaired) electrons. The van der Waals surface area contributed by atoms with Crippen molar-refractivity contribution in [2.45, 2.75) is 27.3 Å². The van der Waals surface area contributed by atoms with E-state index in [1.807, 2.05) is 16.7 Å². The predicted octanol–water partition coefficient (Wildman–Crippen LogP) is 2.78. The molecular weight excluding hydrogens is 248 g/mol. The number of nitrogens with zero attached hydrogens (tertiary/aromatic N) is 3. The Hall–Kier alpha value is -2.20. The minimum Gasteiger partial charge on any atom is -0.325 e. The fourth-order valence-electron chi connectivity index (χ4n) is 2.88. The molecule has 0 spiro atoms. The number of nitrogens with two attached hydrogens (primary N) is 1. The number of hydrogen-bond acceptors (Lipinski definition) is 3. The number of rotatable bonds is 2. The normalized spacial score (nSPS) is 11.2. The summed E-state index contributed by atoms with van der Waals surface area (Å²) in [5, 5.41) is 0. The van der Waals surface area contributed by atoms with Crippen LogP contribution in [0.25, 0.3) is 17.0 Å². The van der Waals surface area contributed by atoms with Crippen LogP contribution in [0.5, 0.6) is 0 Å². The molecule has 4 nitrogen and oxygen atoms in total. The maximum absolute atomic E-state index is 5.94. The molecule has 102 valence electrons. The fraction of sp³-hybridized carbons (Fsp3) is 0.250. The van der Waals surface area contributed by atoms with Gasteiger partial charge in [-0.3, -0.25) is 4.40 Å². The van der Waals surface area contributed by atoms with Crippen molar-refractivity contribution in [1.29, 1.82) is 0 Å². The molecule has 0 unspecified atom stereocenters. The third kappa shape index (κ3) is 1.89. The second-order valence-electron chi connectivity index (χ2n) is 5.17. The number of aryl methyl sites for hydroxylation is 3. The molecule has 0 saturated heterocycles. The van der Waals surface area contributed by atoms with Gasteiger partial charge in [-0.05, 0) is 38.0 Å². The van der Waals surface area contributed by atoms with E-state index < -0.39 is 0 Å². The Morgan fingerprint density at radius 3 is 2.50 bits per heavy atom. The summed E-state index contributed by atoms with van der Waals surface area (Å²) in [4.78, 5) is 8.99. The molecule has 20 heavy (non-hydrogen) atoms. The zero-order chi connectivity index (χ0) is 14.3. The van der Waals surface area contributed by atoms with Crippen LogP contribution in [-0.4, -0.2) is 14.4 Å². The third-order valence-electron chi connectivity index (χ3n) is 3.61. The van der Waals surface area contributed by atoms with Crippen molar-refractivity contribution in [1.82, 2.24) is 14.4 Å². The Bertz CT molecular complexity index is 763. The Balaban J connectivity index is 2.35. The molecule has 2 heterocycles. The van der Waals surface area contributed by atoms with Crippen LogP contribution >= 0.6 is 0 Å². The molecule has 0 saturated carbocycles. The van der Waals surface area contributed by atoms with Gasteiger partial charge in [0.25, 0.3) is 0 Å². The Kier molecular flexibility index (Phi) is 3.03. The Labute approximate surface area is 118 Å². The summed E-state index contributed by atoms with van der Waals surface area (Å²) in [6, 6.07) is 6.26. The van der Waals surface area contributed by atoms with E-state index in [0.717, 1.165) is 11.4 Å². The summed E-state index contributed by atoms with van der Waals surface area (Å²) in [6.45, 7) is 6.79. The zero-order valence-corrected chi connectivity index (χ0v) is 12.0. The summed E-state index contributed by atoms with van der Waals surface area (Å²) in [6.07, 6.45) is 3.71. The highest BCUT2D eigenvalue weighted by atomic mass is 15.1. The molecule has 0 aliphatic rings. The zero-order valence-electron chi connectivity index (χ0n) is 12.0. The van der Waals surface area contributed by atoms with Gasteiger partial charge < -0.3 is 5.73 Å². The highest BCUT2D eigenvalue weighted by molar-refractivity contribution is 5.72. The summed E-state index contributed by atoms with van der Waals surface area (Å²) in [7, 11) is 0. The average Bonchev–Trinajstić information content (AvgIpc) is 2.75. The first kappa shape index (κ1) is 12.8. The smallest absolute Gasteiger partial charge is 0.234 e. The highest BCUT2D eigenvalue weighted by Gasteiger charge is 2.17. The molecule has 2 N–H and O–H groups in total. The first-order chi connectivity index (χ1) is 9.61. The van der Waals surface area contributed by atoms with E-state index in [0.29, 0.717) is 12.3 Å². The van der Waals surface area contributed by atoms with Crippen molar-refractivity contribution in [3.63, 3.8) is 0 Å². The minimum atomic E-state index is 0.439. The van der Waals surface area contributed by atoms with Crippen LogP contribution in [0.4, 0.5) is 0 Å². The summed E-state index contributed by atoms with van der Waals surface area (Å²) < 4.78 is 1.97. The van der Waals surface area contributed by atoms with Crippen LogP contribution in [0.3, 0.4) is 0 Å². The first-order valence-corrected chi connectivity index (χ1v) is 6.72. The Morgan fingerprint density at radius 1 is 1.15 bits per heavy atom. The first-order valence-electron chi connectivity index (χ1n) is 6.72. The molecule has 0 aliphatic heterocycles. The predicted molar refractivity (Wildman–Crippen MR) is 80.5 cm³/mol. The van der Waals surface area contributed by atoms with Gasteiger partial charge in [-0.25, -0.2) is 9.97 Å². The molecule has 1 aromatic carbocycles. The average molecular weight is 266 g/mol. The van der Waals surface area contributed by atoms with Crippen LogP contribution in [-0.2, 0) is 6.54 Å². The van der Waals surface area contributed by atoms with E-state index in [1.165, 1.54) is 22.3 Å². The minimum absolute atomic E-state index is 0.439. The maximum Gasteiger partial charge on any atom is 0.234 e. The van der Waals surface area contributed by atoms with E-state index in [1.54, 1.807) is 6.20 Å². The molecule has 3 rings (SSSR count). The molecule has 0 fully saturated rings. The highest BCUT2D eigenvalue weighted by Crippen LogP contribution is 2.30.